The average molecular weight is 201 g/mol. The number of halogens is 1. The Morgan fingerprint density at radius 2 is 1.85 bits per heavy atom. The van der Waals surface area contributed by atoms with Crippen LogP contribution in [0.2, 0.25) is 0 Å². The van der Waals surface area contributed by atoms with Crippen LogP contribution in [0.25, 0.3) is 0 Å². The number of aliphatic carboxylic acids is 1. The molecule has 0 heterocycles. The lowest BCUT2D eigenvalue weighted by Crippen LogP contribution is -2.24. The zero-order valence-corrected chi connectivity index (χ0v) is 7.48. The Labute approximate surface area is 80.6 Å². The number of aliphatic hydroxyl groups is 1. The van der Waals surface area contributed by atoms with Gasteiger partial charge in [0.1, 0.15) is 0 Å². The van der Waals surface area contributed by atoms with Crippen molar-refractivity contribution in [3.05, 3.63) is 35.9 Å². The van der Waals surface area contributed by atoms with E-state index >= 15 is 0 Å². The predicted molar refractivity (Wildman–Crippen MR) is 48.7 cm³/mol. The fourth-order valence-corrected chi connectivity index (χ4v) is 1.20. The number of hydrogen-bond donors (Lipinski definition) is 2. The molecular weight excluding hydrogens is 192 g/mol. The summed E-state index contributed by atoms with van der Waals surface area (Å²) in [6.07, 6.45) is -1.57. The molecule has 0 saturated heterocycles. The van der Waals surface area contributed by atoms with E-state index in [0.717, 1.165) is 0 Å². The first-order valence-corrected chi connectivity index (χ1v) is 4.16. The summed E-state index contributed by atoms with van der Waals surface area (Å²) in [6, 6.07) is 8.60. The fourth-order valence-electron chi connectivity index (χ4n) is 0.944. The number of carbonyl (C=O) groups is 1. The number of rotatable bonds is 3. The van der Waals surface area contributed by atoms with E-state index in [2.05, 4.69) is 0 Å². The molecule has 0 aliphatic rings. The third-order valence-corrected chi connectivity index (χ3v) is 2.14. The summed E-state index contributed by atoms with van der Waals surface area (Å²) >= 11 is 5.72. The summed E-state index contributed by atoms with van der Waals surface area (Å²) in [5.41, 5.74) is 0.596. The van der Waals surface area contributed by atoms with Gasteiger partial charge in [-0.05, 0) is 5.56 Å². The number of alkyl halides is 1. The number of carboxylic acids is 1. The molecule has 0 fully saturated rings. The quantitative estimate of drug-likeness (QED) is 0.726. The highest BCUT2D eigenvalue weighted by atomic mass is 35.5. The van der Waals surface area contributed by atoms with Crippen LogP contribution in [-0.4, -0.2) is 22.3 Å². The lowest BCUT2D eigenvalue weighted by molar-refractivity contribution is -0.146. The lowest BCUT2D eigenvalue weighted by Gasteiger charge is -2.12. The van der Waals surface area contributed by atoms with E-state index in [-0.39, 0.29) is 0 Å². The molecule has 0 unspecified atom stereocenters. The molecule has 0 aliphatic carbocycles. The monoisotopic (exact) mass is 200 g/mol. The Morgan fingerprint density at radius 1 is 1.31 bits per heavy atom. The molecule has 3 nitrogen and oxygen atoms in total. The van der Waals surface area contributed by atoms with Gasteiger partial charge in [0.25, 0.3) is 0 Å². The lowest BCUT2D eigenvalue weighted by atomic mass is 10.1. The van der Waals surface area contributed by atoms with Gasteiger partial charge in [-0.2, -0.15) is 0 Å². The highest BCUT2D eigenvalue weighted by molar-refractivity contribution is 6.22. The molecular formula is C9H9ClO3. The van der Waals surface area contributed by atoms with Crippen LogP contribution in [0.1, 0.15) is 10.9 Å². The molecule has 0 radical (unpaired) electrons. The first kappa shape index (κ1) is 10.0. The van der Waals surface area contributed by atoms with Crippen molar-refractivity contribution in [3.8, 4) is 0 Å². The summed E-state index contributed by atoms with van der Waals surface area (Å²) in [5.74, 6) is -1.32. The maximum absolute atomic E-state index is 10.4. The molecule has 4 heteroatoms. The molecule has 0 bridgehead atoms. The van der Waals surface area contributed by atoms with Crippen LogP contribution >= 0.6 is 11.6 Å². The highest BCUT2D eigenvalue weighted by Gasteiger charge is 2.24. The van der Waals surface area contributed by atoms with Crippen LogP contribution in [-0.2, 0) is 4.79 Å². The van der Waals surface area contributed by atoms with Crippen molar-refractivity contribution in [2.24, 2.45) is 0 Å². The number of benzene rings is 1. The van der Waals surface area contributed by atoms with Crippen LogP contribution in [0.15, 0.2) is 30.3 Å². The smallest absolute Gasteiger partial charge is 0.334 e. The molecule has 70 valence electrons. The largest absolute Gasteiger partial charge is 0.479 e. The van der Waals surface area contributed by atoms with Gasteiger partial charge in [-0.25, -0.2) is 4.79 Å². The van der Waals surface area contributed by atoms with E-state index in [1.165, 1.54) is 0 Å². The Hall–Kier alpha value is -1.06. The summed E-state index contributed by atoms with van der Waals surface area (Å²) in [5, 5.41) is 16.7. The summed E-state index contributed by atoms with van der Waals surface area (Å²) < 4.78 is 0. The first-order valence-electron chi connectivity index (χ1n) is 3.73. The predicted octanol–water partition coefficient (Wildman–Crippen LogP) is 1.41. The van der Waals surface area contributed by atoms with Crippen molar-refractivity contribution < 1.29 is 15.0 Å². The van der Waals surface area contributed by atoms with Gasteiger partial charge in [0.05, 0.1) is 5.38 Å². The summed E-state index contributed by atoms with van der Waals surface area (Å²) in [7, 11) is 0. The molecule has 0 aliphatic heterocycles. The van der Waals surface area contributed by atoms with Gasteiger partial charge in [0.2, 0.25) is 0 Å². The normalized spacial score (nSPS) is 14.9. The Kier molecular flexibility index (Phi) is 3.28. The SMILES string of the molecule is O=C(O)[C@H](O)[C@@H](Cl)c1ccccc1. The van der Waals surface area contributed by atoms with Crippen molar-refractivity contribution in [2.45, 2.75) is 11.5 Å². The Balaban J connectivity index is 2.79. The molecule has 0 amide bonds. The second-order valence-electron chi connectivity index (χ2n) is 2.60. The van der Waals surface area contributed by atoms with E-state index in [1.54, 1.807) is 30.3 Å². The van der Waals surface area contributed by atoms with Gasteiger partial charge in [-0.3, -0.25) is 0 Å². The average Bonchev–Trinajstić information content (AvgIpc) is 2.17. The van der Waals surface area contributed by atoms with Gasteiger partial charge >= 0.3 is 5.97 Å². The van der Waals surface area contributed by atoms with E-state index in [1.807, 2.05) is 0 Å². The van der Waals surface area contributed by atoms with Gasteiger partial charge < -0.3 is 10.2 Å². The van der Waals surface area contributed by atoms with Crippen molar-refractivity contribution in [2.75, 3.05) is 0 Å². The minimum Gasteiger partial charge on any atom is -0.479 e. The number of hydrogen-bond acceptors (Lipinski definition) is 2. The van der Waals surface area contributed by atoms with Gasteiger partial charge in [0.15, 0.2) is 6.10 Å². The van der Waals surface area contributed by atoms with Gasteiger partial charge in [0, 0.05) is 0 Å². The minimum absolute atomic E-state index is 0.596. The van der Waals surface area contributed by atoms with Crippen molar-refractivity contribution in [1.29, 1.82) is 0 Å². The molecule has 0 saturated carbocycles. The maximum Gasteiger partial charge on any atom is 0.334 e. The molecule has 0 aromatic heterocycles. The summed E-state index contributed by atoms with van der Waals surface area (Å²) in [4.78, 5) is 10.4. The van der Waals surface area contributed by atoms with E-state index in [4.69, 9.17) is 21.8 Å². The van der Waals surface area contributed by atoms with Crippen LogP contribution in [0.5, 0.6) is 0 Å². The van der Waals surface area contributed by atoms with E-state index in [0.29, 0.717) is 5.56 Å². The number of aliphatic hydroxyl groups excluding tert-OH is 1. The Morgan fingerprint density at radius 3 is 2.31 bits per heavy atom. The molecule has 2 N–H and O–H groups in total. The topological polar surface area (TPSA) is 57.5 Å². The van der Waals surface area contributed by atoms with Crippen LogP contribution in [0.4, 0.5) is 0 Å². The second-order valence-corrected chi connectivity index (χ2v) is 3.07. The Bertz CT molecular complexity index is 286. The second kappa shape index (κ2) is 4.25. The fraction of sp³-hybridized carbons (Fsp3) is 0.222. The van der Waals surface area contributed by atoms with Crippen LogP contribution in [0, 0.1) is 0 Å². The van der Waals surface area contributed by atoms with E-state index in [9.17, 15) is 4.79 Å². The molecule has 0 spiro atoms. The third kappa shape index (κ3) is 2.44. The molecule has 1 rings (SSSR count). The van der Waals surface area contributed by atoms with E-state index < -0.39 is 17.5 Å². The van der Waals surface area contributed by atoms with Gasteiger partial charge in [-0.15, -0.1) is 11.6 Å². The standard InChI is InChI=1S/C9H9ClO3/c10-7(8(11)9(12)13)6-4-2-1-3-5-6/h1-5,7-8,11H,(H,12,13)/t7-,8+/m0/s1. The summed E-state index contributed by atoms with van der Waals surface area (Å²) in [6.45, 7) is 0. The highest BCUT2D eigenvalue weighted by Crippen LogP contribution is 2.23. The minimum atomic E-state index is -1.57. The van der Waals surface area contributed by atoms with Crippen molar-refractivity contribution in [3.63, 3.8) is 0 Å². The zero-order valence-electron chi connectivity index (χ0n) is 6.72. The van der Waals surface area contributed by atoms with Crippen LogP contribution < -0.4 is 0 Å². The maximum atomic E-state index is 10.4. The third-order valence-electron chi connectivity index (χ3n) is 1.65. The zero-order chi connectivity index (χ0) is 9.84. The van der Waals surface area contributed by atoms with Gasteiger partial charge in [-0.1, -0.05) is 30.3 Å². The van der Waals surface area contributed by atoms with Crippen LogP contribution in [0.3, 0.4) is 0 Å². The van der Waals surface area contributed by atoms with Crippen molar-refractivity contribution in [1.82, 2.24) is 0 Å². The molecule has 2 atom stereocenters. The first-order chi connectivity index (χ1) is 6.13. The van der Waals surface area contributed by atoms with Crippen molar-refractivity contribution >= 4 is 17.6 Å². The number of carboxylic acid groups (broad SMARTS) is 1. The molecule has 1 aromatic rings. The molecule has 1 aromatic carbocycles. The molecule has 13 heavy (non-hydrogen) atoms.